The highest BCUT2D eigenvalue weighted by Crippen LogP contribution is 2.27. The zero-order valence-electron chi connectivity index (χ0n) is 22.6. The first-order valence-electron chi connectivity index (χ1n) is 12.9. The summed E-state index contributed by atoms with van der Waals surface area (Å²) >= 11 is 3.32. The Morgan fingerprint density at radius 1 is 0.950 bits per heavy atom. The second-order valence-electron chi connectivity index (χ2n) is 8.86. The zero-order valence-corrected chi connectivity index (χ0v) is 25.0. The molecule has 3 aromatic carbocycles. The first kappa shape index (κ1) is 31.1. The number of anilines is 1. The summed E-state index contributed by atoms with van der Waals surface area (Å²) in [7, 11) is -4.19. The van der Waals surface area contributed by atoms with Gasteiger partial charge in [-0.2, -0.15) is 0 Å². The Morgan fingerprint density at radius 2 is 1.57 bits per heavy atom. The molecule has 1 atom stereocenters. The number of amides is 2. The van der Waals surface area contributed by atoms with Crippen molar-refractivity contribution in [3.63, 3.8) is 0 Å². The van der Waals surface area contributed by atoms with Crippen molar-refractivity contribution in [1.82, 2.24) is 10.2 Å². The highest BCUT2D eigenvalue weighted by atomic mass is 79.9. The molecule has 0 unspecified atom stereocenters. The van der Waals surface area contributed by atoms with Crippen molar-refractivity contribution >= 4 is 43.5 Å². The molecule has 214 valence electrons. The number of carbonyl (C=O) groups excluding carboxylic acids is 2. The smallest absolute Gasteiger partial charge is 0.264 e. The number of rotatable bonds is 13. The van der Waals surface area contributed by atoms with Crippen molar-refractivity contribution in [2.45, 2.75) is 44.7 Å². The molecule has 0 fully saturated rings. The molecule has 0 radical (unpaired) electrons. The summed E-state index contributed by atoms with van der Waals surface area (Å²) in [5.74, 6) is -0.820. The number of hydrogen-bond acceptors (Lipinski definition) is 5. The van der Waals surface area contributed by atoms with Crippen LogP contribution in [0.2, 0.25) is 0 Å². The summed E-state index contributed by atoms with van der Waals surface area (Å²) in [5.41, 5.74) is 0.855. The lowest BCUT2D eigenvalue weighted by Crippen LogP contribution is -2.52. The SMILES string of the molecule is CCNC(=O)[C@H](CC)N(Cc1ccc(F)cc1)C(=O)CN(c1ccc(OCC)cc1)S(=O)(=O)c1ccc(Br)cc1. The molecule has 0 saturated carbocycles. The van der Waals surface area contributed by atoms with E-state index in [-0.39, 0.29) is 23.0 Å². The van der Waals surface area contributed by atoms with Gasteiger partial charge in [-0.1, -0.05) is 35.0 Å². The van der Waals surface area contributed by atoms with E-state index in [4.69, 9.17) is 4.74 Å². The second-order valence-corrected chi connectivity index (χ2v) is 11.6. The van der Waals surface area contributed by atoms with E-state index < -0.39 is 34.3 Å². The van der Waals surface area contributed by atoms with Crippen LogP contribution in [0.25, 0.3) is 0 Å². The normalized spacial score (nSPS) is 11.9. The molecule has 0 spiro atoms. The lowest BCUT2D eigenvalue weighted by Gasteiger charge is -2.33. The van der Waals surface area contributed by atoms with E-state index in [1.54, 1.807) is 50.2 Å². The van der Waals surface area contributed by atoms with Crippen molar-refractivity contribution in [3.8, 4) is 5.75 Å². The average molecular weight is 635 g/mol. The van der Waals surface area contributed by atoms with Gasteiger partial charge in [0.15, 0.2) is 0 Å². The zero-order chi connectivity index (χ0) is 29.3. The molecule has 0 heterocycles. The number of nitrogens with zero attached hydrogens (tertiary/aromatic N) is 2. The van der Waals surface area contributed by atoms with Crippen LogP contribution in [0.5, 0.6) is 5.75 Å². The van der Waals surface area contributed by atoms with Crippen LogP contribution in [0.1, 0.15) is 32.8 Å². The third-order valence-corrected chi connectivity index (χ3v) is 8.44. The topological polar surface area (TPSA) is 96.0 Å². The Balaban J connectivity index is 2.05. The van der Waals surface area contributed by atoms with E-state index >= 15 is 0 Å². The number of benzene rings is 3. The monoisotopic (exact) mass is 633 g/mol. The Hall–Kier alpha value is -3.44. The van der Waals surface area contributed by atoms with E-state index in [0.29, 0.717) is 35.4 Å². The van der Waals surface area contributed by atoms with Gasteiger partial charge in [0.2, 0.25) is 11.8 Å². The van der Waals surface area contributed by atoms with Crippen molar-refractivity contribution in [2.24, 2.45) is 0 Å². The summed E-state index contributed by atoms with van der Waals surface area (Å²) in [5, 5.41) is 2.75. The number of carbonyl (C=O) groups is 2. The van der Waals surface area contributed by atoms with Gasteiger partial charge in [0, 0.05) is 17.6 Å². The van der Waals surface area contributed by atoms with Crippen LogP contribution in [-0.4, -0.2) is 50.9 Å². The molecule has 11 heteroatoms. The van der Waals surface area contributed by atoms with Crippen LogP contribution >= 0.6 is 15.9 Å². The molecule has 0 aliphatic rings. The predicted molar refractivity (Wildman–Crippen MR) is 156 cm³/mol. The first-order chi connectivity index (χ1) is 19.1. The van der Waals surface area contributed by atoms with Gasteiger partial charge in [-0.05, 0) is 86.5 Å². The fraction of sp³-hybridized carbons (Fsp3) is 0.310. The number of nitrogens with one attached hydrogen (secondary N) is 1. The Morgan fingerprint density at radius 3 is 2.12 bits per heavy atom. The lowest BCUT2D eigenvalue weighted by molar-refractivity contribution is -0.140. The van der Waals surface area contributed by atoms with Crippen LogP contribution in [0, 0.1) is 5.82 Å². The molecule has 3 aromatic rings. The molecule has 0 aromatic heterocycles. The summed E-state index contributed by atoms with van der Waals surface area (Å²) in [6.45, 7) is 5.61. The van der Waals surface area contributed by atoms with E-state index in [2.05, 4.69) is 21.2 Å². The minimum absolute atomic E-state index is 0.00163. The molecule has 8 nitrogen and oxygen atoms in total. The second kappa shape index (κ2) is 14.3. The first-order valence-corrected chi connectivity index (χ1v) is 15.2. The van der Waals surface area contributed by atoms with Crippen LogP contribution < -0.4 is 14.4 Å². The molecule has 0 aliphatic heterocycles. The van der Waals surface area contributed by atoms with Gasteiger partial charge < -0.3 is 15.0 Å². The molecule has 2 amide bonds. The van der Waals surface area contributed by atoms with Gasteiger partial charge in [-0.3, -0.25) is 13.9 Å². The molecule has 40 heavy (non-hydrogen) atoms. The van der Waals surface area contributed by atoms with Crippen molar-refractivity contribution in [3.05, 3.63) is 88.6 Å². The van der Waals surface area contributed by atoms with Crippen molar-refractivity contribution in [1.29, 1.82) is 0 Å². The van der Waals surface area contributed by atoms with E-state index in [1.807, 2.05) is 6.92 Å². The van der Waals surface area contributed by atoms with Gasteiger partial charge in [0.05, 0.1) is 17.2 Å². The van der Waals surface area contributed by atoms with Gasteiger partial charge in [0.25, 0.3) is 10.0 Å². The summed E-state index contributed by atoms with van der Waals surface area (Å²) in [4.78, 5) is 28.2. The van der Waals surface area contributed by atoms with Gasteiger partial charge in [-0.25, -0.2) is 12.8 Å². The Kier molecular flexibility index (Phi) is 11.1. The largest absolute Gasteiger partial charge is 0.494 e. The molecule has 0 aliphatic carbocycles. The number of likely N-dealkylation sites (N-methyl/N-ethyl adjacent to an activating group) is 1. The maximum Gasteiger partial charge on any atom is 0.264 e. The average Bonchev–Trinajstić information content (AvgIpc) is 2.93. The standard InChI is InChI=1S/C29H33BrFN3O5S/c1-4-27(29(36)32-5-2)33(19-21-7-11-23(31)12-8-21)28(35)20-34(24-13-15-25(16-14-24)39-6-3)40(37,38)26-17-9-22(30)10-18-26/h7-18,27H,4-6,19-20H2,1-3H3,(H,32,36)/t27-/m0/s1. The highest BCUT2D eigenvalue weighted by Gasteiger charge is 2.33. The van der Waals surface area contributed by atoms with E-state index in [9.17, 15) is 22.4 Å². The fourth-order valence-electron chi connectivity index (χ4n) is 4.14. The Labute approximate surface area is 243 Å². The van der Waals surface area contributed by atoms with Crippen LogP contribution in [0.3, 0.4) is 0 Å². The number of halogens is 2. The van der Waals surface area contributed by atoms with Gasteiger partial charge in [0.1, 0.15) is 24.2 Å². The molecular weight excluding hydrogens is 601 g/mol. The third-order valence-electron chi connectivity index (χ3n) is 6.12. The predicted octanol–water partition coefficient (Wildman–Crippen LogP) is 5.13. The quantitative estimate of drug-likeness (QED) is 0.282. The summed E-state index contributed by atoms with van der Waals surface area (Å²) < 4.78 is 48.5. The summed E-state index contributed by atoms with van der Waals surface area (Å²) in [6.07, 6.45) is 0.293. The molecule has 0 bridgehead atoms. The minimum atomic E-state index is -4.19. The maximum absolute atomic E-state index is 13.9. The van der Waals surface area contributed by atoms with Crippen LogP contribution in [0.15, 0.2) is 82.2 Å². The van der Waals surface area contributed by atoms with Crippen LogP contribution in [0.4, 0.5) is 10.1 Å². The third kappa shape index (κ3) is 7.82. The van der Waals surface area contributed by atoms with Crippen LogP contribution in [-0.2, 0) is 26.2 Å². The molecule has 3 rings (SSSR count). The molecule has 1 N–H and O–H groups in total. The lowest BCUT2D eigenvalue weighted by atomic mass is 10.1. The van der Waals surface area contributed by atoms with E-state index in [1.165, 1.54) is 41.3 Å². The minimum Gasteiger partial charge on any atom is -0.494 e. The van der Waals surface area contributed by atoms with Gasteiger partial charge in [-0.15, -0.1) is 0 Å². The number of hydrogen-bond donors (Lipinski definition) is 1. The van der Waals surface area contributed by atoms with Crippen molar-refractivity contribution in [2.75, 3.05) is 24.0 Å². The summed E-state index contributed by atoms with van der Waals surface area (Å²) in [6, 6.07) is 17.3. The Bertz CT molecular complexity index is 1380. The van der Waals surface area contributed by atoms with Gasteiger partial charge >= 0.3 is 0 Å². The number of sulfonamides is 1. The molecular formula is C29H33BrFN3O5S. The van der Waals surface area contributed by atoms with E-state index in [0.717, 1.165) is 4.31 Å². The highest BCUT2D eigenvalue weighted by molar-refractivity contribution is 9.10. The number of ether oxygens (including phenoxy) is 1. The van der Waals surface area contributed by atoms with Crippen molar-refractivity contribution < 1.29 is 27.1 Å². The molecule has 0 saturated heterocycles. The fourth-order valence-corrected chi connectivity index (χ4v) is 5.81. The maximum atomic E-state index is 13.9.